The number of nitrogens with two attached hydrogens (primary N) is 1. The van der Waals surface area contributed by atoms with Gasteiger partial charge >= 0.3 is 6.01 Å². The molecule has 0 saturated heterocycles. The van der Waals surface area contributed by atoms with Gasteiger partial charge in [0.2, 0.25) is 0 Å². The minimum atomic E-state index is -0.0132. The van der Waals surface area contributed by atoms with Crippen LogP contribution in [0.15, 0.2) is 6.20 Å². The third kappa shape index (κ3) is 2.89. The zero-order valence-electron chi connectivity index (χ0n) is 9.87. The van der Waals surface area contributed by atoms with E-state index in [2.05, 4.69) is 30.7 Å². The van der Waals surface area contributed by atoms with Crippen LogP contribution < -0.4 is 10.5 Å². The van der Waals surface area contributed by atoms with Crippen LogP contribution in [-0.2, 0) is 11.8 Å². The minimum absolute atomic E-state index is 0.0132. The number of aromatic nitrogens is 2. The molecule has 2 N–H and O–H groups in total. The van der Waals surface area contributed by atoms with Gasteiger partial charge in [0.1, 0.15) is 0 Å². The van der Waals surface area contributed by atoms with Crippen LogP contribution in [0.3, 0.4) is 0 Å². The smallest absolute Gasteiger partial charge is 0.316 e. The van der Waals surface area contributed by atoms with Crippen molar-refractivity contribution < 1.29 is 4.74 Å². The third-order valence-electron chi connectivity index (χ3n) is 2.15. The Hall–Kier alpha value is -1.16. The molecule has 0 aliphatic rings. The van der Waals surface area contributed by atoms with E-state index in [1.165, 1.54) is 0 Å². The number of hydrogen-bond acceptors (Lipinski definition) is 4. The summed E-state index contributed by atoms with van der Waals surface area (Å²) in [5.41, 5.74) is 7.66. The van der Waals surface area contributed by atoms with E-state index in [0.717, 1.165) is 17.7 Å². The zero-order valence-corrected chi connectivity index (χ0v) is 9.87. The lowest BCUT2D eigenvalue weighted by atomic mass is 9.88. The van der Waals surface area contributed by atoms with E-state index in [1.54, 1.807) is 13.3 Å². The molecule has 0 aliphatic carbocycles. The quantitative estimate of drug-likeness (QED) is 0.814. The third-order valence-corrected chi connectivity index (χ3v) is 2.15. The number of nitrogens with zero attached hydrogens (tertiary/aromatic N) is 2. The summed E-state index contributed by atoms with van der Waals surface area (Å²) >= 11 is 0. The van der Waals surface area contributed by atoms with Gasteiger partial charge < -0.3 is 10.5 Å². The van der Waals surface area contributed by atoms with Gasteiger partial charge in [-0.2, -0.15) is 4.98 Å². The molecule has 0 saturated carbocycles. The Labute approximate surface area is 90.9 Å². The van der Waals surface area contributed by atoms with Crippen molar-refractivity contribution in [3.05, 3.63) is 17.5 Å². The first-order valence-electron chi connectivity index (χ1n) is 5.09. The van der Waals surface area contributed by atoms with Crippen LogP contribution in [0.25, 0.3) is 0 Å². The fraction of sp³-hybridized carbons (Fsp3) is 0.636. The largest absolute Gasteiger partial charge is 0.467 e. The van der Waals surface area contributed by atoms with Crippen molar-refractivity contribution in [2.75, 3.05) is 13.7 Å². The summed E-state index contributed by atoms with van der Waals surface area (Å²) in [6, 6.07) is 0.417. The van der Waals surface area contributed by atoms with Crippen molar-refractivity contribution >= 4 is 0 Å². The summed E-state index contributed by atoms with van der Waals surface area (Å²) < 4.78 is 5.03. The van der Waals surface area contributed by atoms with Crippen LogP contribution >= 0.6 is 0 Å². The molecule has 0 bridgehead atoms. The molecule has 4 nitrogen and oxygen atoms in total. The minimum Gasteiger partial charge on any atom is -0.467 e. The van der Waals surface area contributed by atoms with Crippen molar-refractivity contribution in [2.24, 2.45) is 5.73 Å². The number of methoxy groups -OCH3 is 1. The molecule has 0 aliphatic heterocycles. The average molecular weight is 209 g/mol. The molecule has 1 aromatic heterocycles. The van der Waals surface area contributed by atoms with Crippen LogP contribution in [-0.4, -0.2) is 23.6 Å². The first kappa shape index (κ1) is 11.9. The monoisotopic (exact) mass is 209 g/mol. The van der Waals surface area contributed by atoms with Crippen LogP contribution in [0.1, 0.15) is 32.0 Å². The van der Waals surface area contributed by atoms with Crippen LogP contribution in [0.2, 0.25) is 0 Å². The van der Waals surface area contributed by atoms with Gasteiger partial charge in [0, 0.05) is 11.6 Å². The highest BCUT2D eigenvalue weighted by Gasteiger charge is 2.20. The summed E-state index contributed by atoms with van der Waals surface area (Å²) in [6.07, 6.45) is 2.61. The molecule has 0 radical (unpaired) electrons. The molecule has 0 unspecified atom stereocenters. The van der Waals surface area contributed by atoms with Crippen LogP contribution in [0, 0.1) is 0 Å². The van der Waals surface area contributed by atoms with Gasteiger partial charge in [0.15, 0.2) is 0 Å². The average Bonchev–Trinajstić information content (AvgIpc) is 2.17. The number of ether oxygens (including phenoxy) is 1. The van der Waals surface area contributed by atoms with E-state index in [4.69, 9.17) is 10.5 Å². The summed E-state index contributed by atoms with van der Waals surface area (Å²) in [6.45, 7) is 6.97. The molecule has 0 atom stereocenters. The van der Waals surface area contributed by atoms with Crippen molar-refractivity contribution in [1.29, 1.82) is 0 Å². The predicted octanol–water partition coefficient (Wildman–Crippen LogP) is 1.28. The highest BCUT2D eigenvalue weighted by atomic mass is 16.5. The zero-order chi connectivity index (χ0) is 11.5. The molecule has 0 amide bonds. The number of rotatable bonds is 3. The Balaban J connectivity index is 3.16. The van der Waals surface area contributed by atoms with Gasteiger partial charge in [-0.15, -0.1) is 0 Å². The van der Waals surface area contributed by atoms with Crippen LogP contribution in [0.4, 0.5) is 0 Å². The number of hydrogen-bond donors (Lipinski definition) is 1. The van der Waals surface area contributed by atoms with Crippen molar-refractivity contribution in [2.45, 2.75) is 32.6 Å². The summed E-state index contributed by atoms with van der Waals surface area (Å²) in [5.74, 6) is 0. The van der Waals surface area contributed by atoms with E-state index < -0.39 is 0 Å². The SMILES string of the molecule is COc1ncc(CCN)c(C(C)(C)C)n1. The lowest BCUT2D eigenvalue weighted by Gasteiger charge is -2.21. The Morgan fingerprint density at radius 1 is 1.40 bits per heavy atom. The maximum absolute atomic E-state index is 5.56. The van der Waals surface area contributed by atoms with Gasteiger partial charge in [0.25, 0.3) is 0 Å². The maximum atomic E-state index is 5.56. The summed E-state index contributed by atoms with van der Waals surface area (Å²) in [4.78, 5) is 8.49. The first-order valence-corrected chi connectivity index (χ1v) is 5.09. The highest BCUT2D eigenvalue weighted by Crippen LogP contribution is 2.25. The van der Waals surface area contributed by atoms with E-state index in [9.17, 15) is 0 Å². The Morgan fingerprint density at radius 2 is 2.07 bits per heavy atom. The highest BCUT2D eigenvalue weighted by molar-refractivity contribution is 5.26. The van der Waals surface area contributed by atoms with E-state index in [-0.39, 0.29) is 5.41 Å². The van der Waals surface area contributed by atoms with Gasteiger partial charge in [-0.05, 0) is 18.5 Å². The molecule has 84 valence electrons. The van der Waals surface area contributed by atoms with Crippen LogP contribution in [0.5, 0.6) is 6.01 Å². The predicted molar refractivity (Wildman–Crippen MR) is 60.0 cm³/mol. The maximum Gasteiger partial charge on any atom is 0.316 e. The standard InChI is InChI=1S/C11H19N3O/c1-11(2,3)9-8(5-6-12)7-13-10(14-9)15-4/h7H,5-6,12H2,1-4H3. The van der Waals surface area contributed by atoms with Gasteiger partial charge in [-0.3, -0.25) is 0 Å². The molecule has 0 aromatic carbocycles. The Kier molecular flexibility index (Phi) is 3.63. The van der Waals surface area contributed by atoms with Crippen molar-refractivity contribution in [3.63, 3.8) is 0 Å². The van der Waals surface area contributed by atoms with E-state index in [0.29, 0.717) is 12.6 Å². The molecule has 0 spiro atoms. The molecular weight excluding hydrogens is 190 g/mol. The Bertz CT molecular complexity index is 331. The van der Waals surface area contributed by atoms with Gasteiger partial charge in [-0.25, -0.2) is 4.98 Å². The second-order valence-electron chi connectivity index (χ2n) is 4.52. The molecule has 4 heteroatoms. The molecule has 0 fully saturated rings. The van der Waals surface area contributed by atoms with Crippen molar-refractivity contribution in [1.82, 2.24) is 9.97 Å². The fourth-order valence-electron chi connectivity index (χ4n) is 1.48. The van der Waals surface area contributed by atoms with Gasteiger partial charge in [0.05, 0.1) is 12.8 Å². The van der Waals surface area contributed by atoms with E-state index in [1.807, 2.05) is 0 Å². The normalized spacial score (nSPS) is 11.5. The summed E-state index contributed by atoms with van der Waals surface area (Å²) in [5, 5.41) is 0. The molecule has 1 heterocycles. The second kappa shape index (κ2) is 4.57. The fourth-order valence-corrected chi connectivity index (χ4v) is 1.48. The van der Waals surface area contributed by atoms with E-state index >= 15 is 0 Å². The van der Waals surface area contributed by atoms with Gasteiger partial charge in [-0.1, -0.05) is 20.8 Å². The second-order valence-corrected chi connectivity index (χ2v) is 4.52. The lowest BCUT2D eigenvalue weighted by molar-refractivity contribution is 0.372. The Morgan fingerprint density at radius 3 is 2.53 bits per heavy atom. The van der Waals surface area contributed by atoms with Crippen molar-refractivity contribution in [3.8, 4) is 6.01 Å². The topological polar surface area (TPSA) is 61.0 Å². The molecule has 1 rings (SSSR count). The molecular formula is C11H19N3O. The molecule has 1 aromatic rings. The first-order chi connectivity index (χ1) is 6.99. The molecule has 15 heavy (non-hydrogen) atoms. The summed E-state index contributed by atoms with van der Waals surface area (Å²) in [7, 11) is 1.57. The lowest BCUT2D eigenvalue weighted by Crippen LogP contribution is -2.19.